The fraction of sp³-hybridized carbons (Fsp3) is 0.167. The molecule has 0 aliphatic carbocycles. The topological polar surface area (TPSA) is 38.3 Å². The van der Waals surface area contributed by atoms with Gasteiger partial charge in [-0.25, -0.2) is 0 Å². The van der Waals surface area contributed by atoms with Gasteiger partial charge in [-0.15, -0.1) is 0 Å². The van der Waals surface area contributed by atoms with Gasteiger partial charge in [-0.2, -0.15) is 0 Å². The van der Waals surface area contributed by atoms with E-state index < -0.39 is 0 Å². The van der Waals surface area contributed by atoms with Crippen molar-refractivity contribution in [3.05, 3.63) is 69.8 Å². The van der Waals surface area contributed by atoms with Crippen molar-refractivity contribution in [2.24, 2.45) is 0 Å². The van der Waals surface area contributed by atoms with Gasteiger partial charge in [0.05, 0.1) is 13.2 Å². The second-order valence-corrected chi connectivity index (χ2v) is 5.71. The number of hydrogen-bond acceptors (Lipinski definition) is 2. The normalized spacial score (nSPS) is 13.5. The molecule has 1 N–H and O–H groups in total. The zero-order valence-corrected chi connectivity index (χ0v) is 13.0. The molecule has 1 aliphatic rings. The van der Waals surface area contributed by atoms with E-state index in [1.54, 1.807) is 12.1 Å². The number of anilines is 1. The zero-order valence-electron chi connectivity index (χ0n) is 12.2. The van der Waals surface area contributed by atoms with Crippen molar-refractivity contribution in [1.29, 1.82) is 0 Å². The number of carbonyl (C=O) groups is 1. The molecule has 3 nitrogen and oxygen atoms in total. The average Bonchev–Trinajstić information content (AvgIpc) is 2.46. The van der Waals surface area contributed by atoms with Crippen LogP contribution in [0.2, 0.25) is 5.02 Å². The van der Waals surface area contributed by atoms with Crippen LogP contribution in [0.25, 0.3) is 6.08 Å². The summed E-state index contributed by atoms with van der Waals surface area (Å²) >= 11 is 6.27. The molecule has 2 aromatic rings. The van der Waals surface area contributed by atoms with Crippen LogP contribution in [-0.2, 0) is 4.74 Å². The molecule has 0 saturated carbocycles. The van der Waals surface area contributed by atoms with Gasteiger partial charge in [0.25, 0.3) is 5.91 Å². The third-order valence-corrected chi connectivity index (χ3v) is 3.92. The standard InChI is InChI=1S/C18H16ClNO2/c1-12-4-2-3-5-17(12)20-18(21)15-7-6-14(16(19)9-15)8-13-10-22-11-13/h2-9H,10-11H2,1H3,(H,20,21). The largest absolute Gasteiger partial charge is 0.373 e. The number of amides is 1. The Kier molecular flexibility index (Phi) is 4.27. The summed E-state index contributed by atoms with van der Waals surface area (Å²) in [5.74, 6) is -0.164. The number of halogens is 1. The van der Waals surface area contributed by atoms with Gasteiger partial charge in [0.15, 0.2) is 0 Å². The van der Waals surface area contributed by atoms with Gasteiger partial charge >= 0.3 is 0 Å². The van der Waals surface area contributed by atoms with Crippen LogP contribution in [0.1, 0.15) is 21.5 Å². The Balaban J connectivity index is 1.78. The summed E-state index contributed by atoms with van der Waals surface area (Å²) in [6.45, 7) is 3.27. The maximum atomic E-state index is 12.3. The van der Waals surface area contributed by atoms with Gasteiger partial charge in [0, 0.05) is 16.3 Å². The van der Waals surface area contributed by atoms with E-state index in [0.717, 1.165) is 16.8 Å². The summed E-state index contributed by atoms with van der Waals surface area (Å²) in [5, 5.41) is 3.47. The van der Waals surface area contributed by atoms with Crippen molar-refractivity contribution < 1.29 is 9.53 Å². The first kappa shape index (κ1) is 14.8. The lowest BCUT2D eigenvalue weighted by atomic mass is 10.1. The molecule has 112 valence electrons. The van der Waals surface area contributed by atoms with Crippen LogP contribution in [0, 0.1) is 6.92 Å². The highest BCUT2D eigenvalue weighted by Gasteiger charge is 2.12. The average molecular weight is 314 g/mol. The fourth-order valence-corrected chi connectivity index (χ4v) is 2.45. The first-order valence-corrected chi connectivity index (χ1v) is 7.45. The van der Waals surface area contributed by atoms with Crippen LogP contribution >= 0.6 is 11.6 Å². The van der Waals surface area contributed by atoms with Gasteiger partial charge in [-0.05, 0) is 47.9 Å². The molecule has 2 aromatic carbocycles. The minimum absolute atomic E-state index is 0.164. The zero-order chi connectivity index (χ0) is 15.5. The Morgan fingerprint density at radius 2 is 2.00 bits per heavy atom. The Morgan fingerprint density at radius 3 is 2.64 bits per heavy atom. The lowest BCUT2D eigenvalue weighted by Crippen LogP contribution is -2.15. The van der Waals surface area contributed by atoms with Crippen molar-refractivity contribution in [2.75, 3.05) is 18.5 Å². The van der Waals surface area contributed by atoms with Crippen molar-refractivity contribution in [2.45, 2.75) is 6.92 Å². The molecule has 1 amide bonds. The summed E-state index contributed by atoms with van der Waals surface area (Å²) < 4.78 is 5.11. The highest BCUT2D eigenvalue weighted by molar-refractivity contribution is 6.32. The summed E-state index contributed by atoms with van der Waals surface area (Å²) in [6, 6.07) is 13.0. The lowest BCUT2D eigenvalue weighted by molar-refractivity contribution is 0.102. The Morgan fingerprint density at radius 1 is 1.23 bits per heavy atom. The molecule has 22 heavy (non-hydrogen) atoms. The number of ether oxygens (including phenoxy) is 1. The van der Waals surface area contributed by atoms with Gasteiger partial charge in [0.2, 0.25) is 0 Å². The minimum atomic E-state index is -0.164. The molecule has 1 saturated heterocycles. The van der Waals surface area contributed by atoms with Gasteiger partial charge in [-0.1, -0.05) is 35.9 Å². The molecule has 0 aromatic heterocycles. The number of benzene rings is 2. The molecular formula is C18H16ClNO2. The van der Waals surface area contributed by atoms with Crippen LogP contribution in [-0.4, -0.2) is 19.1 Å². The van der Waals surface area contributed by atoms with Crippen LogP contribution in [0.15, 0.2) is 48.0 Å². The summed E-state index contributed by atoms with van der Waals surface area (Å²) in [5.41, 5.74) is 4.49. The van der Waals surface area contributed by atoms with Crippen LogP contribution < -0.4 is 5.32 Å². The highest BCUT2D eigenvalue weighted by atomic mass is 35.5. The number of hydrogen-bond donors (Lipinski definition) is 1. The van der Waals surface area contributed by atoms with E-state index in [2.05, 4.69) is 5.32 Å². The molecule has 0 spiro atoms. The molecule has 3 rings (SSSR count). The second-order valence-electron chi connectivity index (χ2n) is 5.30. The van der Waals surface area contributed by atoms with Crippen LogP contribution in [0.3, 0.4) is 0 Å². The summed E-state index contributed by atoms with van der Waals surface area (Å²) in [7, 11) is 0. The predicted molar refractivity (Wildman–Crippen MR) is 89.4 cm³/mol. The summed E-state index contributed by atoms with van der Waals surface area (Å²) in [6.07, 6.45) is 2.01. The Bertz CT molecular complexity index is 747. The number of aryl methyl sites for hydroxylation is 1. The fourth-order valence-electron chi connectivity index (χ4n) is 2.22. The molecule has 4 heteroatoms. The molecule has 1 aliphatic heterocycles. The van der Waals surface area contributed by atoms with Gasteiger partial charge in [0.1, 0.15) is 0 Å². The quantitative estimate of drug-likeness (QED) is 0.916. The predicted octanol–water partition coefficient (Wildman–Crippen LogP) is 4.31. The van der Waals surface area contributed by atoms with Crippen LogP contribution in [0.5, 0.6) is 0 Å². The van der Waals surface area contributed by atoms with Crippen molar-refractivity contribution in [3.63, 3.8) is 0 Å². The van der Waals surface area contributed by atoms with E-state index in [9.17, 15) is 4.79 Å². The molecular weight excluding hydrogens is 298 g/mol. The molecule has 0 bridgehead atoms. The van der Waals surface area contributed by atoms with E-state index in [4.69, 9.17) is 16.3 Å². The second kappa shape index (κ2) is 6.34. The van der Waals surface area contributed by atoms with E-state index in [-0.39, 0.29) is 5.91 Å². The lowest BCUT2D eigenvalue weighted by Gasteiger charge is -2.17. The van der Waals surface area contributed by atoms with Crippen LogP contribution in [0.4, 0.5) is 5.69 Å². The minimum Gasteiger partial charge on any atom is -0.373 e. The van der Waals surface area contributed by atoms with Crippen molar-refractivity contribution >= 4 is 29.3 Å². The van der Waals surface area contributed by atoms with Crippen molar-refractivity contribution in [3.8, 4) is 0 Å². The SMILES string of the molecule is Cc1ccccc1NC(=O)c1ccc(C=C2COC2)c(Cl)c1. The molecule has 0 radical (unpaired) electrons. The third-order valence-electron chi connectivity index (χ3n) is 3.59. The first-order chi connectivity index (χ1) is 10.6. The molecule has 1 fully saturated rings. The van der Waals surface area contributed by atoms with Crippen molar-refractivity contribution in [1.82, 2.24) is 0 Å². The van der Waals surface area contributed by atoms with E-state index in [1.807, 2.05) is 43.3 Å². The van der Waals surface area contributed by atoms with E-state index in [1.165, 1.54) is 5.57 Å². The maximum absolute atomic E-state index is 12.3. The van der Waals surface area contributed by atoms with Gasteiger partial charge < -0.3 is 10.1 Å². The maximum Gasteiger partial charge on any atom is 0.255 e. The number of nitrogens with one attached hydrogen (secondary N) is 1. The Hall–Kier alpha value is -2.10. The number of rotatable bonds is 3. The van der Waals surface area contributed by atoms with E-state index in [0.29, 0.717) is 23.8 Å². The Labute approximate surface area is 134 Å². The number of carbonyl (C=O) groups excluding carboxylic acids is 1. The smallest absolute Gasteiger partial charge is 0.255 e. The molecule has 1 heterocycles. The third kappa shape index (κ3) is 3.21. The van der Waals surface area contributed by atoms with E-state index >= 15 is 0 Å². The molecule has 0 unspecified atom stereocenters. The monoisotopic (exact) mass is 313 g/mol. The summed E-state index contributed by atoms with van der Waals surface area (Å²) in [4.78, 5) is 12.3. The number of para-hydroxylation sites is 1. The highest BCUT2D eigenvalue weighted by Crippen LogP contribution is 2.23. The molecule has 0 atom stereocenters. The first-order valence-electron chi connectivity index (χ1n) is 7.07. The van der Waals surface area contributed by atoms with Gasteiger partial charge in [-0.3, -0.25) is 4.79 Å².